The maximum absolute atomic E-state index is 13.7. The first-order chi connectivity index (χ1) is 10.0. The van der Waals surface area contributed by atoms with Gasteiger partial charge in [0, 0.05) is 6.04 Å². The molecule has 1 unspecified atom stereocenters. The van der Waals surface area contributed by atoms with Crippen LogP contribution < -0.4 is 5.32 Å². The van der Waals surface area contributed by atoms with Gasteiger partial charge in [0.05, 0.1) is 5.02 Å². The summed E-state index contributed by atoms with van der Waals surface area (Å²) in [7, 11) is 0. The summed E-state index contributed by atoms with van der Waals surface area (Å²) in [5, 5.41) is 3.43. The molecule has 2 aromatic carbocycles. The Kier molecular flexibility index (Phi) is 5.32. The summed E-state index contributed by atoms with van der Waals surface area (Å²) < 4.78 is 26.9. The van der Waals surface area contributed by atoms with Crippen molar-refractivity contribution in [2.45, 2.75) is 26.3 Å². The molecule has 0 saturated heterocycles. The van der Waals surface area contributed by atoms with Gasteiger partial charge in [0.25, 0.3) is 0 Å². The van der Waals surface area contributed by atoms with Gasteiger partial charge in [-0.05, 0) is 54.8 Å². The second kappa shape index (κ2) is 7.01. The Morgan fingerprint density at radius 3 is 2.48 bits per heavy atom. The van der Waals surface area contributed by atoms with Crippen molar-refractivity contribution in [1.82, 2.24) is 5.32 Å². The third-order valence-electron chi connectivity index (χ3n) is 3.47. The van der Waals surface area contributed by atoms with E-state index in [-0.39, 0.29) is 16.9 Å². The summed E-state index contributed by atoms with van der Waals surface area (Å²) in [6, 6.07) is 9.88. The lowest BCUT2D eigenvalue weighted by Gasteiger charge is -2.19. The first-order valence-electron chi connectivity index (χ1n) is 6.94. The van der Waals surface area contributed by atoms with E-state index in [1.807, 2.05) is 13.0 Å². The highest BCUT2D eigenvalue weighted by atomic mass is 35.5. The average molecular weight is 310 g/mol. The molecule has 112 valence electrons. The molecule has 0 spiro atoms. The van der Waals surface area contributed by atoms with Gasteiger partial charge in [-0.25, -0.2) is 8.78 Å². The summed E-state index contributed by atoms with van der Waals surface area (Å²) in [5.41, 5.74) is 2.41. The molecule has 0 aliphatic carbocycles. The molecule has 21 heavy (non-hydrogen) atoms. The largest absolute Gasteiger partial charge is 0.310 e. The van der Waals surface area contributed by atoms with Crippen LogP contribution in [-0.2, 0) is 6.42 Å². The average Bonchev–Trinajstić information content (AvgIpc) is 2.45. The van der Waals surface area contributed by atoms with Gasteiger partial charge in [0.15, 0.2) is 0 Å². The molecule has 0 heterocycles. The Balaban J connectivity index is 2.25. The van der Waals surface area contributed by atoms with Crippen molar-refractivity contribution in [3.05, 3.63) is 69.7 Å². The van der Waals surface area contributed by atoms with E-state index in [9.17, 15) is 8.78 Å². The van der Waals surface area contributed by atoms with Crippen molar-refractivity contribution < 1.29 is 8.78 Å². The number of nitrogens with one attached hydrogen (secondary N) is 1. The van der Waals surface area contributed by atoms with E-state index in [4.69, 9.17) is 11.6 Å². The highest BCUT2D eigenvalue weighted by Crippen LogP contribution is 2.23. The van der Waals surface area contributed by atoms with Gasteiger partial charge < -0.3 is 5.32 Å². The molecule has 0 radical (unpaired) electrons. The van der Waals surface area contributed by atoms with Gasteiger partial charge in [-0.15, -0.1) is 0 Å². The molecule has 4 heteroatoms. The zero-order chi connectivity index (χ0) is 15.4. The minimum atomic E-state index is -0.429. The molecule has 0 fully saturated rings. The number of hydrogen-bond acceptors (Lipinski definition) is 1. The van der Waals surface area contributed by atoms with Gasteiger partial charge in [0.2, 0.25) is 0 Å². The fourth-order valence-corrected chi connectivity index (χ4v) is 2.49. The van der Waals surface area contributed by atoms with Crippen LogP contribution in [0, 0.1) is 18.6 Å². The van der Waals surface area contributed by atoms with Crippen LogP contribution in [0.1, 0.15) is 29.7 Å². The molecule has 0 aliphatic heterocycles. The van der Waals surface area contributed by atoms with E-state index in [1.165, 1.54) is 6.07 Å². The highest BCUT2D eigenvalue weighted by Gasteiger charge is 2.13. The monoisotopic (exact) mass is 309 g/mol. The Morgan fingerprint density at radius 1 is 1.10 bits per heavy atom. The minimum absolute atomic E-state index is 0.0355. The van der Waals surface area contributed by atoms with Crippen molar-refractivity contribution in [2.24, 2.45) is 0 Å². The van der Waals surface area contributed by atoms with Crippen LogP contribution in [0.15, 0.2) is 36.4 Å². The topological polar surface area (TPSA) is 12.0 Å². The van der Waals surface area contributed by atoms with Crippen LogP contribution in [0.25, 0.3) is 0 Å². The van der Waals surface area contributed by atoms with Crippen LogP contribution in [0.2, 0.25) is 5.02 Å². The van der Waals surface area contributed by atoms with Crippen LogP contribution in [0.3, 0.4) is 0 Å². The second-order valence-corrected chi connectivity index (χ2v) is 5.48. The maximum Gasteiger partial charge on any atom is 0.141 e. The van der Waals surface area contributed by atoms with Crippen molar-refractivity contribution in [2.75, 3.05) is 6.54 Å². The molecular weight excluding hydrogens is 292 g/mol. The summed E-state index contributed by atoms with van der Waals surface area (Å²) in [6.07, 6.45) is 0.621. The summed E-state index contributed by atoms with van der Waals surface area (Å²) in [6.45, 7) is 4.49. The first kappa shape index (κ1) is 15.9. The lowest BCUT2D eigenvalue weighted by molar-refractivity contribution is 0.540. The van der Waals surface area contributed by atoms with E-state index in [0.717, 1.165) is 17.7 Å². The number of halogens is 3. The Bertz CT molecular complexity index is 628. The second-order valence-electron chi connectivity index (χ2n) is 5.07. The van der Waals surface area contributed by atoms with E-state index >= 15 is 0 Å². The molecule has 2 aromatic rings. The predicted molar refractivity (Wildman–Crippen MR) is 82.7 cm³/mol. The fourth-order valence-electron chi connectivity index (χ4n) is 2.28. The fraction of sp³-hybridized carbons (Fsp3) is 0.294. The van der Waals surface area contributed by atoms with Gasteiger partial charge in [-0.2, -0.15) is 0 Å². The molecule has 1 atom stereocenters. The number of rotatable bonds is 5. The molecular formula is C17H18ClF2N. The van der Waals surface area contributed by atoms with Gasteiger partial charge >= 0.3 is 0 Å². The van der Waals surface area contributed by atoms with Crippen LogP contribution in [0.5, 0.6) is 0 Å². The zero-order valence-corrected chi connectivity index (χ0v) is 12.8. The minimum Gasteiger partial charge on any atom is -0.310 e. The number of hydrogen-bond donors (Lipinski definition) is 1. The lowest BCUT2D eigenvalue weighted by Crippen LogP contribution is -2.23. The van der Waals surface area contributed by atoms with Crippen LogP contribution >= 0.6 is 11.6 Å². The molecule has 0 bridgehead atoms. The van der Waals surface area contributed by atoms with Gasteiger partial charge in [-0.1, -0.05) is 36.7 Å². The third-order valence-corrected chi connectivity index (χ3v) is 3.76. The number of likely N-dealkylation sites (N-methyl/N-ethyl adjacent to an activating group) is 1. The Morgan fingerprint density at radius 2 is 1.86 bits per heavy atom. The van der Waals surface area contributed by atoms with Crippen molar-refractivity contribution in [3.63, 3.8) is 0 Å². The first-order valence-corrected chi connectivity index (χ1v) is 7.32. The normalized spacial score (nSPS) is 12.4. The lowest BCUT2D eigenvalue weighted by atomic mass is 9.97. The number of benzene rings is 2. The van der Waals surface area contributed by atoms with Crippen molar-refractivity contribution >= 4 is 11.6 Å². The summed E-state index contributed by atoms with van der Waals surface area (Å²) >= 11 is 5.81. The zero-order valence-electron chi connectivity index (χ0n) is 12.1. The van der Waals surface area contributed by atoms with E-state index < -0.39 is 5.82 Å². The summed E-state index contributed by atoms with van der Waals surface area (Å²) in [5.74, 6) is -0.644. The van der Waals surface area contributed by atoms with Crippen LogP contribution in [-0.4, -0.2) is 6.54 Å². The van der Waals surface area contributed by atoms with E-state index in [1.54, 1.807) is 31.2 Å². The molecule has 2 rings (SSSR count). The highest BCUT2D eigenvalue weighted by molar-refractivity contribution is 6.30. The molecule has 1 N–H and O–H groups in total. The Hall–Kier alpha value is -1.45. The van der Waals surface area contributed by atoms with Crippen molar-refractivity contribution in [1.29, 1.82) is 0 Å². The van der Waals surface area contributed by atoms with Gasteiger partial charge in [-0.3, -0.25) is 0 Å². The molecule has 0 aliphatic rings. The van der Waals surface area contributed by atoms with Crippen molar-refractivity contribution in [3.8, 4) is 0 Å². The molecule has 0 saturated carbocycles. The van der Waals surface area contributed by atoms with E-state index in [0.29, 0.717) is 12.0 Å². The third kappa shape index (κ3) is 4.02. The smallest absolute Gasteiger partial charge is 0.141 e. The Labute approximate surface area is 128 Å². The van der Waals surface area contributed by atoms with E-state index in [2.05, 4.69) is 5.32 Å². The van der Waals surface area contributed by atoms with Crippen LogP contribution in [0.4, 0.5) is 8.78 Å². The standard InChI is InChI=1S/C17H18ClF2N/c1-3-21-17(13-6-4-11(2)16(20)10-13)9-12-5-7-15(19)14(18)8-12/h4-8,10,17,21H,3,9H2,1-2H3. The SMILES string of the molecule is CCNC(Cc1ccc(F)c(Cl)c1)c1ccc(C)c(F)c1. The number of aryl methyl sites for hydroxylation is 1. The summed E-state index contributed by atoms with van der Waals surface area (Å²) in [4.78, 5) is 0. The maximum atomic E-state index is 13.7. The molecule has 1 nitrogen and oxygen atoms in total. The quantitative estimate of drug-likeness (QED) is 0.835. The predicted octanol–water partition coefficient (Wildman–Crippen LogP) is 4.82. The molecule has 0 amide bonds. The molecule has 0 aromatic heterocycles. The van der Waals surface area contributed by atoms with Gasteiger partial charge in [0.1, 0.15) is 11.6 Å².